The summed E-state index contributed by atoms with van der Waals surface area (Å²) in [5.74, 6) is 7.07. The van der Waals surface area contributed by atoms with Crippen LogP contribution < -0.4 is 10.2 Å². The Morgan fingerprint density at radius 2 is 1.89 bits per heavy atom. The first-order valence-corrected chi connectivity index (χ1v) is 16.0. The number of rotatable bonds is 9. The number of piperidine rings is 1. The molecular formula is C26H39N5O3S2. The highest BCUT2D eigenvalue weighted by atomic mass is 32.2. The Morgan fingerprint density at radius 3 is 2.47 bits per heavy atom. The molecule has 4 rings (SSSR count). The van der Waals surface area contributed by atoms with E-state index in [1.165, 1.54) is 16.1 Å². The molecule has 1 aromatic heterocycles. The molecule has 2 N–H and O–H groups in total. The Hall–Kier alpha value is -2.01. The van der Waals surface area contributed by atoms with Crippen LogP contribution in [0, 0.1) is 5.92 Å². The number of anilines is 2. The van der Waals surface area contributed by atoms with Crippen molar-refractivity contribution in [3.05, 3.63) is 41.6 Å². The molecule has 36 heavy (non-hydrogen) atoms. The summed E-state index contributed by atoms with van der Waals surface area (Å²) in [6.45, 7) is 6.11. The van der Waals surface area contributed by atoms with Crippen LogP contribution in [-0.4, -0.2) is 85.0 Å². The van der Waals surface area contributed by atoms with E-state index in [1.54, 1.807) is 7.05 Å². The van der Waals surface area contributed by atoms with Gasteiger partial charge in [-0.15, -0.1) is 0 Å². The highest BCUT2D eigenvalue weighted by Gasteiger charge is 2.39. The summed E-state index contributed by atoms with van der Waals surface area (Å²) in [4.78, 5) is 13.2. The lowest BCUT2D eigenvalue weighted by molar-refractivity contribution is 0.248. The van der Waals surface area contributed by atoms with E-state index >= 15 is 0 Å². The van der Waals surface area contributed by atoms with Crippen molar-refractivity contribution in [3.8, 4) is 0 Å². The van der Waals surface area contributed by atoms with Crippen molar-refractivity contribution in [2.45, 2.75) is 49.5 Å². The second kappa shape index (κ2) is 10.8. The van der Waals surface area contributed by atoms with Crippen molar-refractivity contribution in [2.24, 2.45) is 5.92 Å². The fourth-order valence-corrected chi connectivity index (χ4v) is 7.11. The molecule has 1 fully saturated rings. The topological polar surface area (TPSA) is 98.7 Å². The smallest absolute Gasteiger partial charge is 0.227 e. The highest BCUT2D eigenvalue weighted by Crippen LogP contribution is 2.42. The number of benzene rings is 1. The van der Waals surface area contributed by atoms with Crippen LogP contribution in [0.4, 0.5) is 11.8 Å². The van der Waals surface area contributed by atoms with Crippen LogP contribution in [0.5, 0.6) is 0 Å². The number of hydrogen-bond donors (Lipinski definition) is 2. The third kappa shape index (κ3) is 5.61. The number of nitrogens with one attached hydrogen (secondary N) is 1. The Kier molecular flexibility index (Phi) is 8.09. The molecule has 1 unspecified atom stereocenters. The molecule has 2 atom stereocenters. The lowest BCUT2D eigenvalue weighted by Crippen LogP contribution is -2.49. The predicted molar refractivity (Wildman–Crippen MR) is 150 cm³/mol. The van der Waals surface area contributed by atoms with Gasteiger partial charge in [0.25, 0.3) is 0 Å². The van der Waals surface area contributed by atoms with Gasteiger partial charge >= 0.3 is 0 Å². The van der Waals surface area contributed by atoms with Gasteiger partial charge in [0.1, 0.15) is 5.82 Å². The molecule has 8 nitrogen and oxygen atoms in total. The van der Waals surface area contributed by atoms with Crippen LogP contribution in [0.15, 0.2) is 35.2 Å². The van der Waals surface area contributed by atoms with Gasteiger partial charge in [-0.3, -0.25) is 0 Å². The average Bonchev–Trinajstić information content (AvgIpc) is 3.23. The van der Waals surface area contributed by atoms with Gasteiger partial charge in [0, 0.05) is 32.1 Å². The van der Waals surface area contributed by atoms with Gasteiger partial charge in [-0.1, -0.05) is 50.0 Å². The predicted octanol–water partition coefficient (Wildman–Crippen LogP) is 2.95. The van der Waals surface area contributed by atoms with Crippen LogP contribution in [0.1, 0.15) is 37.9 Å². The van der Waals surface area contributed by atoms with Gasteiger partial charge in [-0.2, -0.15) is 15.5 Å². The Balaban J connectivity index is 1.62. The summed E-state index contributed by atoms with van der Waals surface area (Å²) in [5.41, 5.74) is 1.95. The lowest BCUT2D eigenvalue weighted by atomic mass is 9.72. The van der Waals surface area contributed by atoms with E-state index in [0.717, 1.165) is 54.5 Å². The molecule has 10 heteroatoms. The van der Waals surface area contributed by atoms with Gasteiger partial charge < -0.3 is 15.3 Å². The molecule has 0 saturated carbocycles. The largest absolute Gasteiger partial charge is 0.394 e. The fourth-order valence-electron chi connectivity index (χ4n) is 5.12. The minimum absolute atomic E-state index is 0.0356. The van der Waals surface area contributed by atoms with Crippen LogP contribution in [0.25, 0.3) is 0 Å². The first-order valence-electron chi connectivity index (χ1n) is 12.5. The zero-order valence-corrected chi connectivity index (χ0v) is 23.4. The average molecular weight is 534 g/mol. The number of aromatic nitrogens is 2. The molecule has 2 aliphatic rings. The summed E-state index contributed by atoms with van der Waals surface area (Å²) in [6, 6.07) is 10.2. The maximum Gasteiger partial charge on any atom is 0.227 e. The quantitative estimate of drug-likeness (QED) is 0.478. The van der Waals surface area contributed by atoms with Crippen molar-refractivity contribution in [1.82, 2.24) is 14.3 Å². The Labute approximate surface area is 218 Å². The summed E-state index contributed by atoms with van der Waals surface area (Å²) >= 11 is 0. The van der Waals surface area contributed by atoms with Gasteiger partial charge in [-0.25, -0.2) is 17.7 Å². The maximum absolute atomic E-state index is 12.3. The molecule has 0 spiro atoms. The SMILES string of the molecule is C=S1CCc2nc(N3CCC(CN(C)S(C)(=O)=O)(c4ccccc4)CC3)nc(N[C@@H](CO)C(C)C)c21. The molecule has 0 radical (unpaired) electrons. The summed E-state index contributed by atoms with van der Waals surface area (Å²) in [6.07, 6.45) is 3.75. The van der Waals surface area contributed by atoms with E-state index in [1.807, 2.05) is 18.2 Å². The fraction of sp³-hybridized carbons (Fsp3) is 0.577. The monoisotopic (exact) mass is 533 g/mol. The van der Waals surface area contributed by atoms with Crippen LogP contribution >= 0.6 is 10.5 Å². The van der Waals surface area contributed by atoms with E-state index < -0.39 is 10.0 Å². The van der Waals surface area contributed by atoms with Crippen molar-refractivity contribution in [1.29, 1.82) is 0 Å². The van der Waals surface area contributed by atoms with Crippen molar-refractivity contribution in [3.63, 3.8) is 0 Å². The molecule has 1 saturated heterocycles. The molecule has 2 aromatic rings. The van der Waals surface area contributed by atoms with E-state index in [4.69, 9.17) is 9.97 Å². The zero-order chi connectivity index (χ0) is 26.1. The Bertz CT molecular complexity index is 1200. The van der Waals surface area contributed by atoms with Crippen LogP contribution in [0.3, 0.4) is 0 Å². The van der Waals surface area contributed by atoms with Gasteiger partial charge in [0.15, 0.2) is 0 Å². The van der Waals surface area contributed by atoms with Crippen molar-refractivity contribution >= 4 is 38.1 Å². The first-order chi connectivity index (χ1) is 17.0. The molecule has 0 aliphatic carbocycles. The maximum atomic E-state index is 12.3. The third-order valence-corrected chi connectivity index (χ3v) is 10.6. The Morgan fingerprint density at radius 1 is 1.22 bits per heavy atom. The van der Waals surface area contributed by atoms with Crippen LogP contribution in [0.2, 0.25) is 0 Å². The number of likely N-dealkylation sites (N-methyl/N-ethyl adjacent to an activating group) is 1. The summed E-state index contributed by atoms with van der Waals surface area (Å²) in [7, 11) is -1.79. The van der Waals surface area contributed by atoms with Crippen molar-refractivity contribution in [2.75, 3.05) is 55.5 Å². The second-order valence-electron chi connectivity index (χ2n) is 10.4. The second-order valence-corrected chi connectivity index (χ2v) is 14.3. The summed E-state index contributed by atoms with van der Waals surface area (Å²) < 4.78 is 26.0. The molecule has 0 amide bonds. The first kappa shape index (κ1) is 27.0. The molecular weight excluding hydrogens is 494 g/mol. The van der Waals surface area contributed by atoms with Crippen molar-refractivity contribution < 1.29 is 13.5 Å². The number of aryl methyl sites for hydroxylation is 1. The molecule has 0 bridgehead atoms. The number of nitrogens with zero attached hydrogens (tertiary/aromatic N) is 4. The molecule has 2 aliphatic heterocycles. The normalized spacial score (nSPS) is 20.5. The number of hydrogen-bond acceptors (Lipinski definition) is 7. The van der Waals surface area contributed by atoms with Gasteiger partial charge in [-0.05, 0) is 36.5 Å². The summed E-state index contributed by atoms with van der Waals surface area (Å²) in [5, 5.41) is 13.4. The van der Waals surface area contributed by atoms with E-state index in [9.17, 15) is 13.5 Å². The van der Waals surface area contributed by atoms with E-state index in [0.29, 0.717) is 12.5 Å². The molecule has 1 aromatic carbocycles. The number of aliphatic hydroxyl groups is 1. The van der Waals surface area contributed by atoms with Crippen LogP contribution in [-0.2, 0) is 21.9 Å². The number of aliphatic hydroxyl groups excluding tert-OH is 1. The van der Waals surface area contributed by atoms with E-state index in [2.05, 4.69) is 42.1 Å². The standard InChI is InChI=1S/C26H39N5O3S2/c1-19(2)22(17-32)27-24-23-21(11-16-35(23)4)28-25(29-24)31-14-12-26(13-15-31,18-30(3)36(5,33)34)20-9-7-6-8-10-20/h6-10,19,22,32H,4,11-18H2,1-3,5H3,(H,27,28,29)/t22-,35?/m0/s1. The lowest BCUT2D eigenvalue weighted by Gasteiger charge is -2.44. The van der Waals surface area contributed by atoms with E-state index in [-0.39, 0.29) is 34.5 Å². The minimum atomic E-state index is -3.29. The molecule has 198 valence electrons. The third-order valence-electron chi connectivity index (χ3n) is 7.60. The number of sulfonamides is 1. The number of fused-ring (bicyclic) bond motifs is 1. The highest BCUT2D eigenvalue weighted by molar-refractivity contribution is 8.14. The van der Waals surface area contributed by atoms with Gasteiger partial charge in [0.2, 0.25) is 16.0 Å². The minimum Gasteiger partial charge on any atom is -0.394 e. The zero-order valence-electron chi connectivity index (χ0n) is 21.8. The van der Waals surface area contributed by atoms with Gasteiger partial charge in [0.05, 0.1) is 29.5 Å². The molecule has 3 heterocycles.